The van der Waals surface area contributed by atoms with Crippen LogP contribution in [0.15, 0.2) is 5.51 Å². The SMILES string of the molecule is CCOC(=O)c1nnn(CCc2scnc2C)c1CCl. The summed E-state index contributed by atoms with van der Waals surface area (Å²) in [7, 11) is 0. The number of hydrogen-bond donors (Lipinski definition) is 0. The Morgan fingerprint density at radius 1 is 1.55 bits per heavy atom. The van der Waals surface area contributed by atoms with Crippen molar-refractivity contribution < 1.29 is 9.53 Å². The van der Waals surface area contributed by atoms with E-state index in [1.165, 1.54) is 4.88 Å². The number of ether oxygens (including phenoxy) is 1. The van der Waals surface area contributed by atoms with Crippen LogP contribution in [0.4, 0.5) is 0 Å². The zero-order valence-electron chi connectivity index (χ0n) is 11.3. The Kier molecular flexibility index (Phi) is 5.08. The van der Waals surface area contributed by atoms with Gasteiger partial charge in [0.05, 0.1) is 29.4 Å². The second kappa shape index (κ2) is 6.81. The molecule has 2 aromatic heterocycles. The van der Waals surface area contributed by atoms with Gasteiger partial charge in [-0.2, -0.15) is 0 Å². The number of halogens is 1. The molecule has 0 aliphatic rings. The number of carbonyl (C=O) groups excluding carboxylic acids is 1. The van der Waals surface area contributed by atoms with Crippen molar-refractivity contribution in [3.05, 3.63) is 27.5 Å². The number of esters is 1. The van der Waals surface area contributed by atoms with Crippen LogP contribution in [0.3, 0.4) is 0 Å². The summed E-state index contributed by atoms with van der Waals surface area (Å²) in [5, 5.41) is 7.85. The molecule has 8 heteroatoms. The number of hydrogen-bond acceptors (Lipinski definition) is 6. The highest BCUT2D eigenvalue weighted by Crippen LogP contribution is 2.15. The summed E-state index contributed by atoms with van der Waals surface area (Å²) < 4.78 is 6.58. The maximum absolute atomic E-state index is 11.7. The van der Waals surface area contributed by atoms with Crippen LogP contribution in [-0.2, 0) is 23.6 Å². The van der Waals surface area contributed by atoms with E-state index in [-0.39, 0.29) is 11.6 Å². The Balaban J connectivity index is 2.12. The number of rotatable bonds is 6. The lowest BCUT2D eigenvalue weighted by atomic mass is 10.3. The topological polar surface area (TPSA) is 69.9 Å². The molecule has 2 aromatic rings. The van der Waals surface area contributed by atoms with E-state index in [1.54, 1.807) is 22.9 Å². The van der Waals surface area contributed by atoms with Crippen molar-refractivity contribution in [2.75, 3.05) is 6.61 Å². The average Bonchev–Trinajstić information content (AvgIpc) is 3.02. The molecule has 6 nitrogen and oxygen atoms in total. The van der Waals surface area contributed by atoms with Gasteiger partial charge in [0.15, 0.2) is 5.69 Å². The highest BCUT2D eigenvalue weighted by Gasteiger charge is 2.20. The van der Waals surface area contributed by atoms with Gasteiger partial charge in [-0.25, -0.2) is 14.5 Å². The van der Waals surface area contributed by atoms with Crippen LogP contribution in [0, 0.1) is 6.92 Å². The maximum Gasteiger partial charge on any atom is 0.360 e. The number of nitrogens with zero attached hydrogens (tertiary/aromatic N) is 4. The highest BCUT2D eigenvalue weighted by molar-refractivity contribution is 7.09. The molecule has 2 rings (SSSR count). The van der Waals surface area contributed by atoms with Crippen LogP contribution in [-0.4, -0.2) is 32.6 Å². The predicted octanol–water partition coefficient (Wildman–Crippen LogP) is 2.20. The smallest absolute Gasteiger partial charge is 0.360 e. The van der Waals surface area contributed by atoms with E-state index in [4.69, 9.17) is 16.3 Å². The van der Waals surface area contributed by atoms with E-state index in [0.29, 0.717) is 18.8 Å². The summed E-state index contributed by atoms with van der Waals surface area (Å²) in [6, 6.07) is 0. The summed E-state index contributed by atoms with van der Waals surface area (Å²) in [6.45, 7) is 4.62. The molecule has 0 saturated carbocycles. The van der Waals surface area contributed by atoms with Crippen molar-refractivity contribution >= 4 is 28.9 Å². The fraction of sp³-hybridized carbons (Fsp3) is 0.500. The van der Waals surface area contributed by atoms with E-state index in [1.807, 2.05) is 12.4 Å². The van der Waals surface area contributed by atoms with Crippen molar-refractivity contribution in [2.24, 2.45) is 0 Å². The molecular formula is C12H15ClN4O2S. The average molecular weight is 315 g/mol. The zero-order valence-corrected chi connectivity index (χ0v) is 12.9. The molecule has 0 aromatic carbocycles. The molecule has 0 spiro atoms. The van der Waals surface area contributed by atoms with Gasteiger partial charge in [-0.15, -0.1) is 28.0 Å². The van der Waals surface area contributed by atoms with Crippen LogP contribution in [0.1, 0.15) is 33.7 Å². The zero-order chi connectivity index (χ0) is 14.5. The quantitative estimate of drug-likeness (QED) is 0.604. The molecule has 0 radical (unpaired) electrons. The van der Waals surface area contributed by atoms with Gasteiger partial charge in [-0.3, -0.25) is 0 Å². The molecule has 20 heavy (non-hydrogen) atoms. The highest BCUT2D eigenvalue weighted by atomic mass is 35.5. The van der Waals surface area contributed by atoms with Crippen molar-refractivity contribution in [1.82, 2.24) is 20.0 Å². The van der Waals surface area contributed by atoms with Crippen molar-refractivity contribution in [1.29, 1.82) is 0 Å². The van der Waals surface area contributed by atoms with Gasteiger partial charge in [0.1, 0.15) is 0 Å². The van der Waals surface area contributed by atoms with Gasteiger partial charge in [-0.05, 0) is 13.8 Å². The van der Waals surface area contributed by atoms with Crippen LogP contribution in [0.5, 0.6) is 0 Å². The minimum absolute atomic E-state index is 0.169. The lowest BCUT2D eigenvalue weighted by Crippen LogP contribution is -2.11. The summed E-state index contributed by atoms with van der Waals surface area (Å²) in [6.07, 6.45) is 0.784. The third kappa shape index (κ3) is 3.16. The lowest BCUT2D eigenvalue weighted by Gasteiger charge is -2.04. The molecule has 108 valence electrons. The molecule has 0 aliphatic heterocycles. The molecule has 0 atom stereocenters. The second-order valence-electron chi connectivity index (χ2n) is 4.07. The fourth-order valence-corrected chi connectivity index (χ4v) is 2.81. The number of aromatic nitrogens is 4. The predicted molar refractivity (Wildman–Crippen MR) is 76.1 cm³/mol. The van der Waals surface area contributed by atoms with E-state index in [0.717, 1.165) is 12.1 Å². The van der Waals surface area contributed by atoms with E-state index < -0.39 is 5.97 Å². The molecule has 0 unspecified atom stereocenters. The third-order valence-electron chi connectivity index (χ3n) is 2.83. The number of aryl methyl sites for hydroxylation is 3. The number of carbonyl (C=O) groups is 1. The Morgan fingerprint density at radius 3 is 2.95 bits per heavy atom. The Labute approximate surface area is 125 Å². The molecule has 0 N–H and O–H groups in total. The molecule has 0 fully saturated rings. The van der Waals surface area contributed by atoms with Gasteiger partial charge in [0.25, 0.3) is 0 Å². The second-order valence-corrected chi connectivity index (χ2v) is 5.28. The first-order chi connectivity index (χ1) is 9.67. The minimum atomic E-state index is -0.483. The van der Waals surface area contributed by atoms with E-state index in [9.17, 15) is 4.79 Å². The largest absolute Gasteiger partial charge is 0.461 e. The fourth-order valence-electron chi connectivity index (χ4n) is 1.78. The summed E-state index contributed by atoms with van der Waals surface area (Å²) >= 11 is 7.50. The number of thiazole rings is 1. The molecule has 0 bridgehead atoms. The lowest BCUT2D eigenvalue weighted by molar-refractivity contribution is 0.0518. The van der Waals surface area contributed by atoms with Crippen molar-refractivity contribution in [3.63, 3.8) is 0 Å². The number of alkyl halides is 1. The van der Waals surface area contributed by atoms with Crippen LogP contribution >= 0.6 is 22.9 Å². The maximum atomic E-state index is 11.7. The van der Waals surface area contributed by atoms with Gasteiger partial charge < -0.3 is 4.74 Å². The molecule has 0 saturated heterocycles. The first-order valence-corrected chi connectivity index (χ1v) is 7.63. The molecular weight excluding hydrogens is 300 g/mol. The Morgan fingerprint density at radius 2 is 2.35 bits per heavy atom. The monoisotopic (exact) mass is 314 g/mol. The molecule has 0 aliphatic carbocycles. The normalized spacial score (nSPS) is 10.8. The van der Waals surface area contributed by atoms with Crippen LogP contribution < -0.4 is 0 Å². The summed E-state index contributed by atoms with van der Waals surface area (Å²) in [5.41, 5.74) is 3.63. The van der Waals surface area contributed by atoms with Gasteiger partial charge in [0, 0.05) is 17.8 Å². The van der Waals surface area contributed by atoms with Gasteiger partial charge in [-0.1, -0.05) is 5.21 Å². The van der Waals surface area contributed by atoms with Crippen molar-refractivity contribution in [3.8, 4) is 0 Å². The Bertz CT molecular complexity index is 596. The summed E-state index contributed by atoms with van der Waals surface area (Å²) in [5.74, 6) is -0.314. The van der Waals surface area contributed by atoms with Crippen LogP contribution in [0.25, 0.3) is 0 Å². The summed E-state index contributed by atoms with van der Waals surface area (Å²) in [4.78, 5) is 17.1. The molecule has 0 amide bonds. The standard InChI is InChI=1S/C12H15ClN4O2S/c1-3-19-12(18)11-9(6-13)17(16-15-11)5-4-10-8(2)14-7-20-10/h7H,3-6H2,1-2H3. The molecule has 2 heterocycles. The van der Waals surface area contributed by atoms with E-state index in [2.05, 4.69) is 15.3 Å². The third-order valence-corrected chi connectivity index (χ3v) is 4.08. The van der Waals surface area contributed by atoms with E-state index >= 15 is 0 Å². The van der Waals surface area contributed by atoms with Gasteiger partial charge in [0.2, 0.25) is 0 Å². The first kappa shape index (κ1) is 14.9. The van der Waals surface area contributed by atoms with Crippen LogP contribution in [0.2, 0.25) is 0 Å². The minimum Gasteiger partial charge on any atom is -0.461 e. The Hall–Kier alpha value is -1.47. The first-order valence-electron chi connectivity index (χ1n) is 6.21. The van der Waals surface area contributed by atoms with Gasteiger partial charge >= 0.3 is 5.97 Å². The van der Waals surface area contributed by atoms with Crippen molar-refractivity contribution in [2.45, 2.75) is 32.7 Å².